The number of hydrogen-bond donors (Lipinski definition) is 1. The molecule has 3 atom stereocenters. The first-order valence-corrected chi connectivity index (χ1v) is 7.38. The third-order valence-corrected chi connectivity index (χ3v) is 5.49. The van der Waals surface area contributed by atoms with E-state index in [2.05, 4.69) is 24.0 Å². The van der Waals surface area contributed by atoms with Crippen LogP contribution in [0.3, 0.4) is 0 Å². The van der Waals surface area contributed by atoms with E-state index in [4.69, 9.17) is 0 Å². The monoisotopic (exact) mass is 257 g/mol. The Morgan fingerprint density at radius 2 is 2.12 bits per heavy atom. The van der Waals surface area contributed by atoms with E-state index in [9.17, 15) is 8.42 Å². The maximum absolute atomic E-state index is 12.4. The summed E-state index contributed by atoms with van der Waals surface area (Å²) in [6.07, 6.45) is 2.55. The van der Waals surface area contributed by atoms with E-state index in [1.54, 1.807) is 4.31 Å². The second-order valence-electron chi connectivity index (χ2n) is 5.05. The van der Waals surface area contributed by atoms with Crippen molar-refractivity contribution in [3.05, 3.63) is 12.3 Å². The summed E-state index contributed by atoms with van der Waals surface area (Å²) in [6, 6.07) is 1.55. The predicted molar refractivity (Wildman–Crippen MR) is 64.9 cm³/mol. The fourth-order valence-corrected chi connectivity index (χ4v) is 4.24. The molecule has 0 spiro atoms. The number of nitrogens with one attached hydrogen (secondary N) is 1. The number of sulfonamides is 1. The van der Waals surface area contributed by atoms with Gasteiger partial charge in [-0.15, -0.1) is 0 Å². The number of aromatic amines is 1. The van der Waals surface area contributed by atoms with E-state index < -0.39 is 10.0 Å². The number of piperidine rings is 1. The van der Waals surface area contributed by atoms with E-state index in [1.165, 1.54) is 12.3 Å². The van der Waals surface area contributed by atoms with Gasteiger partial charge in [-0.25, -0.2) is 8.42 Å². The van der Waals surface area contributed by atoms with Crippen molar-refractivity contribution < 1.29 is 8.42 Å². The molecule has 0 saturated carbocycles. The van der Waals surface area contributed by atoms with Gasteiger partial charge in [-0.3, -0.25) is 5.10 Å². The fraction of sp³-hybridized carbons (Fsp3) is 0.727. The molecule has 0 bridgehead atoms. The van der Waals surface area contributed by atoms with Crippen molar-refractivity contribution in [3.8, 4) is 0 Å². The Bertz CT molecular complexity index is 469. The van der Waals surface area contributed by atoms with Crippen molar-refractivity contribution in [2.75, 3.05) is 6.54 Å². The molecule has 1 aliphatic rings. The first-order valence-electron chi connectivity index (χ1n) is 5.94. The molecule has 0 aliphatic carbocycles. The molecule has 0 radical (unpaired) electrons. The summed E-state index contributed by atoms with van der Waals surface area (Å²) in [6.45, 7) is 6.77. The Kier molecular flexibility index (Phi) is 3.27. The summed E-state index contributed by atoms with van der Waals surface area (Å²) in [5.74, 6) is 0.787. The summed E-state index contributed by atoms with van der Waals surface area (Å²) in [7, 11) is -3.42. The second-order valence-corrected chi connectivity index (χ2v) is 6.91. The van der Waals surface area contributed by atoms with E-state index in [1.807, 2.05) is 6.92 Å². The normalized spacial score (nSPS) is 31.6. The molecule has 17 heavy (non-hydrogen) atoms. The van der Waals surface area contributed by atoms with Gasteiger partial charge in [0.05, 0.1) is 6.20 Å². The van der Waals surface area contributed by atoms with Crippen LogP contribution in [0.4, 0.5) is 0 Å². The van der Waals surface area contributed by atoms with Gasteiger partial charge in [0.25, 0.3) is 10.0 Å². The molecule has 1 saturated heterocycles. The van der Waals surface area contributed by atoms with E-state index in [-0.39, 0.29) is 11.1 Å². The highest BCUT2D eigenvalue weighted by Crippen LogP contribution is 2.30. The van der Waals surface area contributed by atoms with Crippen LogP contribution in [0.2, 0.25) is 0 Å². The van der Waals surface area contributed by atoms with Crippen molar-refractivity contribution in [3.63, 3.8) is 0 Å². The van der Waals surface area contributed by atoms with Crippen LogP contribution >= 0.6 is 0 Å². The van der Waals surface area contributed by atoms with Crippen molar-refractivity contribution in [1.82, 2.24) is 14.5 Å². The Labute approximate surface area is 102 Å². The van der Waals surface area contributed by atoms with Gasteiger partial charge >= 0.3 is 0 Å². The van der Waals surface area contributed by atoms with Gasteiger partial charge in [0.15, 0.2) is 5.03 Å². The molecule has 96 valence electrons. The molecule has 6 heteroatoms. The number of H-pyrrole nitrogens is 1. The molecule has 0 aromatic carbocycles. The Morgan fingerprint density at radius 3 is 2.71 bits per heavy atom. The van der Waals surface area contributed by atoms with Crippen LogP contribution in [0.25, 0.3) is 0 Å². The van der Waals surface area contributed by atoms with Crippen molar-refractivity contribution >= 4 is 10.0 Å². The number of nitrogens with zero attached hydrogens (tertiary/aromatic N) is 2. The minimum atomic E-state index is -3.42. The van der Waals surface area contributed by atoms with Gasteiger partial charge in [0.2, 0.25) is 0 Å². The number of hydrogen-bond acceptors (Lipinski definition) is 3. The van der Waals surface area contributed by atoms with Crippen LogP contribution in [0.5, 0.6) is 0 Å². The van der Waals surface area contributed by atoms with Crippen LogP contribution in [0, 0.1) is 11.8 Å². The highest BCUT2D eigenvalue weighted by atomic mass is 32.2. The van der Waals surface area contributed by atoms with Crippen molar-refractivity contribution in [2.45, 2.75) is 38.3 Å². The Hall–Kier alpha value is -0.880. The lowest BCUT2D eigenvalue weighted by Gasteiger charge is -2.39. The molecule has 1 aromatic heterocycles. The average molecular weight is 257 g/mol. The van der Waals surface area contributed by atoms with Crippen LogP contribution in [-0.4, -0.2) is 35.5 Å². The van der Waals surface area contributed by atoms with Crippen molar-refractivity contribution in [2.24, 2.45) is 11.8 Å². The first kappa shape index (κ1) is 12.6. The predicted octanol–water partition coefficient (Wildman–Crippen LogP) is 1.46. The fourth-order valence-electron chi connectivity index (χ4n) is 2.49. The highest BCUT2D eigenvalue weighted by Gasteiger charge is 2.37. The average Bonchev–Trinajstić information content (AvgIpc) is 2.76. The lowest BCUT2D eigenvalue weighted by atomic mass is 9.88. The minimum absolute atomic E-state index is 0.0412. The van der Waals surface area contributed by atoms with Gasteiger partial charge in [-0.2, -0.15) is 9.40 Å². The van der Waals surface area contributed by atoms with Crippen LogP contribution < -0.4 is 0 Å². The summed E-state index contributed by atoms with van der Waals surface area (Å²) in [5.41, 5.74) is 0. The molecule has 2 heterocycles. The first-order chi connectivity index (χ1) is 7.93. The van der Waals surface area contributed by atoms with Crippen LogP contribution in [0.15, 0.2) is 17.3 Å². The van der Waals surface area contributed by atoms with Gasteiger partial charge in [0.1, 0.15) is 0 Å². The maximum Gasteiger partial charge on any atom is 0.260 e. The zero-order valence-electron chi connectivity index (χ0n) is 10.4. The molecular formula is C11H19N3O2S. The SMILES string of the molecule is CC1CC(C)C(C)N(S(=O)(=O)c2ccn[nH]2)C1. The van der Waals surface area contributed by atoms with Gasteiger partial charge in [-0.1, -0.05) is 13.8 Å². The van der Waals surface area contributed by atoms with Crippen LogP contribution in [-0.2, 0) is 10.0 Å². The van der Waals surface area contributed by atoms with Gasteiger partial charge < -0.3 is 0 Å². The summed E-state index contributed by atoms with van der Waals surface area (Å²) >= 11 is 0. The van der Waals surface area contributed by atoms with Gasteiger partial charge in [0, 0.05) is 12.6 Å². The second kappa shape index (κ2) is 4.42. The summed E-state index contributed by atoms with van der Waals surface area (Å²) in [4.78, 5) is 0. The molecule has 1 fully saturated rings. The third-order valence-electron chi connectivity index (χ3n) is 3.61. The molecule has 3 unspecified atom stereocenters. The molecular weight excluding hydrogens is 238 g/mol. The van der Waals surface area contributed by atoms with E-state index in [0.29, 0.717) is 18.4 Å². The molecule has 1 aliphatic heterocycles. The lowest BCUT2D eigenvalue weighted by Crippen LogP contribution is -2.48. The van der Waals surface area contributed by atoms with Crippen molar-refractivity contribution in [1.29, 1.82) is 0 Å². The Balaban J connectivity index is 2.33. The molecule has 1 aromatic rings. The topological polar surface area (TPSA) is 66.1 Å². The lowest BCUT2D eigenvalue weighted by molar-refractivity contribution is 0.157. The Morgan fingerprint density at radius 1 is 1.41 bits per heavy atom. The highest BCUT2D eigenvalue weighted by molar-refractivity contribution is 7.89. The maximum atomic E-state index is 12.4. The summed E-state index contributed by atoms with van der Waals surface area (Å²) < 4.78 is 26.4. The third kappa shape index (κ3) is 2.24. The molecule has 1 N–H and O–H groups in total. The largest absolute Gasteiger partial charge is 0.266 e. The minimum Gasteiger partial charge on any atom is -0.266 e. The zero-order valence-corrected chi connectivity index (χ0v) is 11.2. The van der Waals surface area contributed by atoms with E-state index >= 15 is 0 Å². The quantitative estimate of drug-likeness (QED) is 0.872. The summed E-state index contributed by atoms with van der Waals surface area (Å²) in [5, 5.41) is 6.45. The molecule has 0 amide bonds. The van der Waals surface area contributed by atoms with Gasteiger partial charge in [-0.05, 0) is 31.2 Å². The standard InChI is InChI=1S/C11H19N3O2S/c1-8-6-9(2)10(3)14(7-8)17(15,16)11-4-5-12-13-11/h4-5,8-10H,6-7H2,1-3H3,(H,12,13). The molecule has 2 rings (SSSR count). The molecule has 5 nitrogen and oxygen atoms in total. The smallest absolute Gasteiger partial charge is 0.260 e. The van der Waals surface area contributed by atoms with Crippen LogP contribution in [0.1, 0.15) is 27.2 Å². The van der Waals surface area contributed by atoms with E-state index in [0.717, 1.165) is 6.42 Å². The zero-order chi connectivity index (χ0) is 12.6. The number of rotatable bonds is 2. The number of aromatic nitrogens is 2.